The first kappa shape index (κ1) is 15.5. The third kappa shape index (κ3) is 4.04. The average Bonchev–Trinajstić information content (AvgIpc) is 2.66. The molecule has 21 heavy (non-hydrogen) atoms. The van der Waals surface area contributed by atoms with Crippen molar-refractivity contribution in [1.82, 2.24) is 15.1 Å². The lowest BCUT2D eigenvalue weighted by Gasteiger charge is -2.10. The van der Waals surface area contributed by atoms with Gasteiger partial charge in [0.1, 0.15) is 5.82 Å². The van der Waals surface area contributed by atoms with Gasteiger partial charge >= 0.3 is 6.18 Å². The summed E-state index contributed by atoms with van der Waals surface area (Å²) < 4.78 is 52.7. The molecule has 1 heterocycles. The van der Waals surface area contributed by atoms with Gasteiger partial charge in [-0.15, -0.1) is 0 Å². The van der Waals surface area contributed by atoms with Crippen molar-refractivity contribution in [2.24, 2.45) is 7.05 Å². The summed E-state index contributed by atoms with van der Waals surface area (Å²) in [6.07, 6.45) is -2.72. The predicted octanol–water partition coefficient (Wildman–Crippen LogP) is 3.18. The van der Waals surface area contributed by atoms with E-state index >= 15 is 0 Å². The molecular weight excluding hydrogens is 286 g/mol. The van der Waals surface area contributed by atoms with Crippen LogP contribution >= 0.6 is 0 Å². The van der Waals surface area contributed by atoms with Gasteiger partial charge in [0, 0.05) is 31.9 Å². The molecule has 0 aliphatic heterocycles. The maximum absolute atomic E-state index is 13.2. The number of aryl methyl sites for hydroxylation is 2. The molecule has 0 unspecified atom stereocenters. The zero-order valence-corrected chi connectivity index (χ0v) is 11.6. The second-order valence-corrected chi connectivity index (χ2v) is 4.86. The molecule has 0 spiro atoms. The number of rotatable bonds is 4. The Morgan fingerprint density at radius 3 is 2.48 bits per heavy atom. The van der Waals surface area contributed by atoms with Gasteiger partial charge in [-0.1, -0.05) is 0 Å². The molecule has 0 saturated carbocycles. The smallest absolute Gasteiger partial charge is 0.308 e. The first-order chi connectivity index (χ1) is 9.75. The topological polar surface area (TPSA) is 29.9 Å². The maximum Gasteiger partial charge on any atom is 0.416 e. The van der Waals surface area contributed by atoms with Crippen LogP contribution in [0.3, 0.4) is 0 Å². The summed E-state index contributed by atoms with van der Waals surface area (Å²) in [7, 11) is 1.79. The van der Waals surface area contributed by atoms with Gasteiger partial charge in [-0.25, -0.2) is 4.39 Å². The second kappa shape index (κ2) is 5.85. The highest BCUT2D eigenvalue weighted by atomic mass is 19.4. The van der Waals surface area contributed by atoms with Gasteiger partial charge in [-0.05, 0) is 30.7 Å². The van der Waals surface area contributed by atoms with Gasteiger partial charge < -0.3 is 5.32 Å². The minimum atomic E-state index is -4.54. The Morgan fingerprint density at radius 1 is 1.19 bits per heavy atom. The molecule has 1 aromatic heterocycles. The fourth-order valence-corrected chi connectivity index (χ4v) is 2.08. The van der Waals surface area contributed by atoms with Crippen LogP contribution in [-0.4, -0.2) is 9.78 Å². The monoisotopic (exact) mass is 301 g/mol. The fraction of sp³-hybridized carbons (Fsp3) is 0.357. The molecule has 0 aliphatic carbocycles. The number of nitrogens with one attached hydrogen (secondary N) is 1. The molecule has 0 atom stereocenters. The van der Waals surface area contributed by atoms with Crippen LogP contribution in [0.1, 0.15) is 22.4 Å². The number of alkyl halides is 3. The molecule has 3 nitrogen and oxygen atoms in total. The second-order valence-electron chi connectivity index (χ2n) is 4.86. The van der Waals surface area contributed by atoms with Crippen LogP contribution in [0.15, 0.2) is 24.4 Å². The van der Waals surface area contributed by atoms with E-state index in [-0.39, 0.29) is 12.1 Å². The number of aromatic nitrogens is 2. The SMILES string of the molecule is Cc1nn(C)cc1CNCc1cc(F)cc(C(F)(F)F)c1. The van der Waals surface area contributed by atoms with Crippen LogP contribution in [0.2, 0.25) is 0 Å². The van der Waals surface area contributed by atoms with E-state index in [4.69, 9.17) is 0 Å². The van der Waals surface area contributed by atoms with Gasteiger partial charge in [-0.2, -0.15) is 18.3 Å². The third-order valence-electron chi connectivity index (χ3n) is 3.04. The number of nitrogens with zero attached hydrogens (tertiary/aromatic N) is 2. The van der Waals surface area contributed by atoms with Gasteiger partial charge in [0.15, 0.2) is 0 Å². The minimum Gasteiger partial charge on any atom is -0.308 e. The van der Waals surface area contributed by atoms with Crippen molar-refractivity contribution < 1.29 is 17.6 Å². The predicted molar refractivity (Wildman–Crippen MR) is 69.9 cm³/mol. The van der Waals surface area contributed by atoms with Gasteiger partial charge in [0.25, 0.3) is 0 Å². The summed E-state index contributed by atoms with van der Waals surface area (Å²) in [6, 6.07) is 2.54. The van der Waals surface area contributed by atoms with Crippen LogP contribution in [0.25, 0.3) is 0 Å². The molecule has 0 aliphatic rings. The van der Waals surface area contributed by atoms with E-state index < -0.39 is 17.6 Å². The Kier molecular flexibility index (Phi) is 4.32. The summed E-state index contributed by atoms with van der Waals surface area (Å²) in [5, 5.41) is 7.16. The maximum atomic E-state index is 13.2. The largest absolute Gasteiger partial charge is 0.416 e. The quantitative estimate of drug-likeness (QED) is 0.879. The Morgan fingerprint density at radius 2 is 1.90 bits per heavy atom. The van der Waals surface area contributed by atoms with Crippen molar-refractivity contribution in [2.75, 3.05) is 0 Å². The number of hydrogen-bond acceptors (Lipinski definition) is 2. The van der Waals surface area contributed by atoms with E-state index in [0.717, 1.165) is 23.4 Å². The lowest BCUT2D eigenvalue weighted by Crippen LogP contribution is -2.14. The lowest BCUT2D eigenvalue weighted by atomic mass is 10.1. The molecule has 2 aromatic rings. The highest BCUT2D eigenvalue weighted by molar-refractivity contribution is 5.27. The zero-order chi connectivity index (χ0) is 15.6. The summed E-state index contributed by atoms with van der Waals surface area (Å²) in [6.45, 7) is 2.45. The standard InChI is InChI=1S/C14H15F4N3/c1-9-11(8-21(2)20-9)7-19-6-10-3-12(14(16,17)18)5-13(15)4-10/h3-5,8,19H,6-7H2,1-2H3. The molecule has 0 fully saturated rings. The van der Waals surface area contributed by atoms with Crippen LogP contribution in [-0.2, 0) is 26.3 Å². The van der Waals surface area contributed by atoms with Crippen molar-refractivity contribution in [2.45, 2.75) is 26.2 Å². The van der Waals surface area contributed by atoms with E-state index in [0.29, 0.717) is 12.6 Å². The summed E-state index contributed by atoms with van der Waals surface area (Å²) in [5.41, 5.74) is 1.07. The Bertz CT molecular complexity index is 632. The highest BCUT2D eigenvalue weighted by Gasteiger charge is 2.31. The van der Waals surface area contributed by atoms with Crippen LogP contribution < -0.4 is 5.32 Å². The number of halogens is 4. The normalized spacial score (nSPS) is 11.9. The molecule has 0 amide bonds. The Hall–Kier alpha value is -1.89. The molecule has 7 heteroatoms. The Balaban J connectivity index is 2.03. The third-order valence-corrected chi connectivity index (χ3v) is 3.04. The lowest BCUT2D eigenvalue weighted by molar-refractivity contribution is -0.137. The van der Waals surface area contributed by atoms with E-state index in [1.165, 1.54) is 0 Å². The molecule has 0 radical (unpaired) electrons. The number of hydrogen-bond donors (Lipinski definition) is 1. The Labute approximate surface area is 119 Å². The molecule has 0 bridgehead atoms. The van der Waals surface area contributed by atoms with Crippen LogP contribution in [0.4, 0.5) is 17.6 Å². The van der Waals surface area contributed by atoms with Gasteiger partial charge in [-0.3, -0.25) is 4.68 Å². The minimum absolute atomic E-state index is 0.148. The van der Waals surface area contributed by atoms with Crippen molar-refractivity contribution in [3.05, 3.63) is 52.6 Å². The molecule has 1 N–H and O–H groups in total. The average molecular weight is 301 g/mol. The first-order valence-corrected chi connectivity index (χ1v) is 6.32. The highest BCUT2D eigenvalue weighted by Crippen LogP contribution is 2.30. The van der Waals surface area contributed by atoms with Crippen molar-refractivity contribution in [1.29, 1.82) is 0 Å². The van der Waals surface area contributed by atoms with Crippen molar-refractivity contribution in [3.63, 3.8) is 0 Å². The zero-order valence-electron chi connectivity index (χ0n) is 11.6. The van der Waals surface area contributed by atoms with Gasteiger partial charge in [0.2, 0.25) is 0 Å². The molecule has 2 rings (SSSR count). The van der Waals surface area contributed by atoms with Crippen LogP contribution in [0.5, 0.6) is 0 Å². The number of benzene rings is 1. The van der Waals surface area contributed by atoms with Crippen molar-refractivity contribution >= 4 is 0 Å². The van der Waals surface area contributed by atoms with E-state index in [1.807, 2.05) is 13.1 Å². The fourth-order valence-electron chi connectivity index (χ4n) is 2.08. The first-order valence-electron chi connectivity index (χ1n) is 6.32. The molecule has 0 saturated heterocycles. The molecule has 114 valence electrons. The van der Waals surface area contributed by atoms with Gasteiger partial charge in [0.05, 0.1) is 11.3 Å². The summed E-state index contributed by atoms with van der Waals surface area (Å²) >= 11 is 0. The van der Waals surface area contributed by atoms with E-state index in [2.05, 4.69) is 10.4 Å². The molecule has 1 aromatic carbocycles. The van der Waals surface area contributed by atoms with E-state index in [1.54, 1.807) is 11.7 Å². The summed E-state index contributed by atoms with van der Waals surface area (Å²) in [4.78, 5) is 0. The van der Waals surface area contributed by atoms with Crippen LogP contribution in [0, 0.1) is 12.7 Å². The van der Waals surface area contributed by atoms with E-state index in [9.17, 15) is 17.6 Å². The molecular formula is C14H15F4N3. The summed E-state index contributed by atoms with van der Waals surface area (Å²) in [5.74, 6) is -0.890. The van der Waals surface area contributed by atoms with Crippen molar-refractivity contribution in [3.8, 4) is 0 Å².